The molecule has 1 heterocycles. The van der Waals surface area contributed by atoms with Crippen molar-refractivity contribution in [3.8, 4) is 5.75 Å². The monoisotopic (exact) mass is 403 g/mol. The third-order valence-electron chi connectivity index (χ3n) is 4.85. The van der Waals surface area contributed by atoms with E-state index in [0.717, 1.165) is 28.0 Å². The lowest BCUT2D eigenvalue weighted by Gasteiger charge is -2.14. The van der Waals surface area contributed by atoms with Gasteiger partial charge in [0.1, 0.15) is 5.75 Å². The minimum Gasteiger partial charge on any atom is -0.483 e. The number of ether oxygens (including phenoxy) is 1. The van der Waals surface area contributed by atoms with Crippen LogP contribution in [0.25, 0.3) is 0 Å². The highest BCUT2D eigenvalue weighted by molar-refractivity contribution is 6.04. The van der Waals surface area contributed by atoms with E-state index in [-0.39, 0.29) is 18.4 Å². The Morgan fingerprint density at radius 2 is 1.70 bits per heavy atom. The molecule has 6 heteroatoms. The van der Waals surface area contributed by atoms with E-state index in [9.17, 15) is 9.59 Å². The van der Waals surface area contributed by atoms with Gasteiger partial charge < -0.3 is 15.4 Å². The molecule has 0 aliphatic heterocycles. The van der Waals surface area contributed by atoms with E-state index in [0.29, 0.717) is 17.8 Å². The fourth-order valence-electron chi connectivity index (χ4n) is 2.94. The van der Waals surface area contributed by atoms with E-state index < -0.39 is 0 Å². The molecule has 0 saturated carbocycles. The highest BCUT2D eigenvalue weighted by Gasteiger charge is 2.10. The number of aryl methyl sites for hydroxylation is 2. The number of anilines is 1. The molecule has 0 atom stereocenters. The molecule has 154 valence electrons. The number of nitrogens with zero attached hydrogens (tertiary/aromatic N) is 1. The summed E-state index contributed by atoms with van der Waals surface area (Å²) in [6.45, 7) is 6.32. The van der Waals surface area contributed by atoms with E-state index in [4.69, 9.17) is 4.74 Å². The van der Waals surface area contributed by atoms with Gasteiger partial charge in [-0.1, -0.05) is 24.3 Å². The summed E-state index contributed by atoms with van der Waals surface area (Å²) in [5.41, 5.74) is 5.28. The van der Waals surface area contributed by atoms with Crippen molar-refractivity contribution in [1.82, 2.24) is 10.3 Å². The first-order chi connectivity index (χ1) is 14.4. The smallest absolute Gasteiger partial charge is 0.258 e. The molecule has 0 aliphatic carbocycles. The predicted molar refractivity (Wildman–Crippen MR) is 117 cm³/mol. The Kier molecular flexibility index (Phi) is 6.80. The van der Waals surface area contributed by atoms with Crippen LogP contribution in [0.15, 0.2) is 60.9 Å². The quantitative estimate of drug-likeness (QED) is 0.626. The largest absolute Gasteiger partial charge is 0.483 e. The van der Waals surface area contributed by atoms with Crippen molar-refractivity contribution in [3.63, 3.8) is 0 Å². The van der Waals surface area contributed by atoms with Gasteiger partial charge >= 0.3 is 0 Å². The van der Waals surface area contributed by atoms with Crippen LogP contribution in [-0.4, -0.2) is 23.4 Å². The topological polar surface area (TPSA) is 80.3 Å². The SMILES string of the molecule is Cc1ccc(C)c(OCC(=O)NCc2ccc(NC(=O)c3cccnc3)cc2)c1C. The lowest BCUT2D eigenvalue weighted by molar-refractivity contribution is -0.123. The van der Waals surface area contributed by atoms with Crippen LogP contribution in [-0.2, 0) is 11.3 Å². The average molecular weight is 403 g/mol. The van der Waals surface area contributed by atoms with Crippen molar-refractivity contribution in [1.29, 1.82) is 0 Å². The molecule has 0 spiro atoms. The summed E-state index contributed by atoms with van der Waals surface area (Å²) in [7, 11) is 0. The van der Waals surface area contributed by atoms with E-state index >= 15 is 0 Å². The second-order valence-electron chi connectivity index (χ2n) is 7.11. The molecule has 0 aliphatic rings. The molecule has 0 radical (unpaired) electrons. The highest BCUT2D eigenvalue weighted by Crippen LogP contribution is 2.25. The zero-order valence-corrected chi connectivity index (χ0v) is 17.4. The Labute approximate surface area is 176 Å². The highest BCUT2D eigenvalue weighted by atomic mass is 16.5. The number of hydrogen-bond acceptors (Lipinski definition) is 4. The minimum atomic E-state index is -0.219. The van der Waals surface area contributed by atoms with Crippen molar-refractivity contribution >= 4 is 17.5 Å². The van der Waals surface area contributed by atoms with Gasteiger partial charge in [-0.25, -0.2) is 0 Å². The lowest BCUT2D eigenvalue weighted by atomic mass is 10.1. The van der Waals surface area contributed by atoms with Crippen LogP contribution >= 0.6 is 0 Å². The Hall–Kier alpha value is -3.67. The Bertz CT molecular complexity index is 1030. The van der Waals surface area contributed by atoms with Crippen LogP contribution in [0.2, 0.25) is 0 Å². The second-order valence-corrected chi connectivity index (χ2v) is 7.11. The molecule has 2 amide bonds. The Balaban J connectivity index is 1.48. The molecular formula is C24H25N3O3. The molecule has 3 rings (SSSR count). The van der Waals surface area contributed by atoms with E-state index in [1.807, 2.05) is 45.0 Å². The van der Waals surface area contributed by atoms with Crippen LogP contribution in [0.5, 0.6) is 5.75 Å². The number of carbonyl (C=O) groups is 2. The predicted octanol–water partition coefficient (Wildman–Crippen LogP) is 3.95. The summed E-state index contributed by atoms with van der Waals surface area (Å²) >= 11 is 0. The minimum absolute atomic E-state index is 0.0373. The molecule has 0 fully saturated rings. The summed E-state index contributed by atoms with van der Waals surface area (Å²) in [5.74, 6) is 0.353. The summed E-state index contributed by atoms with van der Waals surface area (Å²) < 4.78 is 5.74. The third kappa shape index (κ3) is 5.44. The zero-order valence-electron chi connectivity index (χ0n) is 17.4. The number of aromatic nitrogens is 1. The van der Waals surface area contributed by atoms with Gasteiger partial charge in [-0.2, -0.15) is 0 Å². The number of amides is 2. The average Bonchev–Trinajstić information content (AvgIpc) is 2.76. The van der Waals surface area contributed by atoms with Crippen LogP contribution in [0.4, 0.5) is 5.69 Å². The molecule has 2 aromatic carbocycles. The van der Waals surface area contributed by atoms with E-state index in [2.05, 4.69) is 15.6 Å². The van der Waals surface area contributed by atoms with Gasteiger partial charge in [0.2, 0.25) is 0 Å². The summed E-state index contributed by atoms with van der Waals surface area (Å²) in [4.78, 5) is 28.3. The van der Waals surface area contributed by atoms with Crippen molar-refractivity contribution in [2.45, 2.75) is 27.3 Å². The molecule has 0 saturated heterocycles. The third-order valence-corrected chi connectivity index (χ3v) is 4.85. The maximum Gasteiger partial charge on any atom is 0.258 e. The number of nitrogens with one attached hydrogen (secondary N) is 2. The molecule has 2 N–H and O–H groups in total. The van der Waals surface area contributed by atoms with Gasteiger partial charge in [0.25, 0.3) is 11.8 Å². The van der Waals surface area contributed by atoms with Gasteiger partial charge in [-0.3, -0.25) is 14.6 Å². The fourth-order valence-corrected chi connectivity index (χ4v) is 2.94. The van der Waals surface area contributed by atoms with Gasteiger partial charge in [-0.05, 0) is 67.3 Å². The standard InChI is InChI=1S/C24H25N3O3/c1-16-6-7-17(2)23(18(16)3)30-15-22(28)26-13-19-8-10-21(11-9-19)27-24(29)20-5-4-12-25-14-20/h4-12,14H,13,15H2,1-3H3,(H,26,28)(H,27,29). The number of carbonyl (C=O) groups excluding carboxylic acids is 2. The summed E-state index contributed by atoms with van der Waals surface area (Å²) in [6, 6.07) is 14.8. The molecule has 6 nitrogen and oxygen atoms in total. The molecule has 0 bridgehead atoms. The van der Waals surface area contributed by atoms with Crippen LogP contribution < -0.4 is 15.4 Å². The maximum absolute atomic E-state index is 12.2. The number of hydrogen-bond donors (Lipinski definition) is 2. The van der Waals surface area contributed by atoms with Gasteiger partial charge in [0.05, 0.1) is 5.56 Å². The normalized spacial score (nSPS) is 10.4. The van der Waals surface area contributed by atoms with Crippen LogP contribution in [0.1, 0.15) is 32.6 Å². The van der Waals surface area contributed by atoms with Crippen molar-refractivity contribution in [3.05, 3.63) is 88.7 Å². The molecule has 30 heavy (non-hydrogen) atoms. The summed E-state index contributed by atoms with van der Waals surface area (Å²) in [6.07, 6.45) is 3.13. The van der Waals surface area contributed by atoms with Crippen LogP contribution in [0.3, 0.4) is 0 Å². The van der Waals surface area contributed by atoms with Crippen molar-refractivity contribution in [2.75, 3.05) is 11.9 Å². The van der Waals surface area contributed by atoms with Crippen molar-refractivity contribution in [2.24, 2.45) is 0 Å². The first-order valence-corrected chi connectivity index (χ1v) is 9.70. The molecular weight excluding hydrogens is 378 g/mol. The summed E-state index contributed by atoms with van der Waals surface area (Å²) in [5, 5.41) is 5.67. The molecule has 3 aromatic rings. The first kappa shape index (κ1) is 21.0. The number of pyridine rings is 1. The van der Waals surface area contributed by atoms with Gasteiger partial charge in [0, 0.05) is 24.6 Å². The number of rotatable bonds is 7. The Morgan fingerprint density at radius 3 is 2.40 bits per heavy atom. The number of benzene rings is 2. The maximum atomic E-state index is 12.2. The first-order valence-electron chi connectivity index (χ1n) is 9.70. The van der Waals surface area contributed by atoms with E-state index in [1.165, 1.54) is 6.20 Å². The molecule has 0 unspecified atom stereocenters. The van der Waals surface area contributed by atoms with Crippen LogP contribution in [0, 0.1) is 20.8 Å². The van der Waals surface area contributed by atoms with E-state index in [1.54, 1.807) is 30.5 Å². The molecule has 1 aromatic heterocycles. The lowest BCUT2D eigenvalue weighted by Crippen LogP contribution is -2.28. The van der Waals surface area contributed by atoms with Gasteiger partial charge in [0.15, 0.2) is 6.61 Å². The fraction of sp³-hybridized carbons (Fsp3) is 0.208. The van der Waals surface area contributed by atoms with Gasteiger partial charge in [-0.15, -0.1) is 0 Å². The Morgan fingerprint density at radius 1 is 0.967 bits per heavy atom. The second kappa shape index (κ2) is 9.69. The zero-order chi connectivity index (χ0) is 21.5. The van der Waals surface area contributed by atoms with Crippen molar-refractivity contribution < 1.29 is 14.3 Å².